The molecule has 1 aliphatic rings. The van der Waals surface area contributed by atoms with Crippen molar-refractivity contribution in [2.45, 2.75) is 52.5 Å². The van der Waals surface area contributed by atoms with Crippen LogP contribution in [0.25, 0.3) is 0 Å². The van der Waals surface area contributed by atoms with E-state index in [1.807, 2.05) is 4.90 Å². The Labute approximate surface area is 123 Å². The van der Waals surface area contributed by atoms with Crippen LogP contribution < -0.4 is 11.2 Å². The first-order valence-corrected chi connectivity index (χ1v) is 7.50. The van der Waals surface area contributed by atoms with Gasteiger partial charge in [-0.2, -0.15) is 0 Å². The molecule has 0 saturated carbocycles. The largest absolute Gasteiger partial charge is 0.339 e. The first-order valence-electron chi connectivity index (χ1n) is 7.50. The zero-order valence-electron chi connectivity index (χ0n) is 12.9. The third-order valence-corrected chi connectivity index (χ3v) is 4.26. The van der Waals surface area contributed by atoms with Crippen molar-refractivity contribution in [1.82, 2.24) is 14.9 Å². The van der Waals surface area contributed by atoms with Crippen LogP contribution >= 0.6 is 0 Å². The van der Waals surface area contributed by atoms with E-state index in [1.165, 1.54) is 0 Å². The van der Waals surface area contributed by atoms with E-state index in [0.29, 0.717) is 17.2 Å². The van der Waals surface area contributed by atoms with Crippen LogP contribution in [0.4, 0.5) is 0 Å². The highest BCUT2D eigenvalue weighted by atomic mass is 16.2. The number of rotatable bonds is 2. The van der Waals surface area contributed by atoms with Crippen LogP contribution in [-0.2, 0) is 11.2 Å². The van der Waals surface area contributed by atoms with Crippen LogP contribution in [0.15, 0.2) is 9.59 Å². The van der Waals surface area contributed by atoms with Gasteiger partial charge in [-0.15, -0.1) is 0 Å². The molecule has 0 radical (unpaired) electrons. The third kappa shape index (κ3) is 3.62. The number of aromatic amines is 2. The maximum Gasteiger partial charge on any atom is 0.325 e. The van der Waals surface area contributed by atoms with Gasteiger partial charge in [-0.25, -0.2) is 4.79 Å². The van der Waals surface area contributed by atoms with Crippen molar-refractivity contribution in [3.05, 3.63) is 32.1 Å². The lowest BCUT2D eigenvalue weighted by molar-refractivity contribution is -0.132. The van der Waals surface area contributed by atoms with E-state index in [-0.39, 0.29) is 18.4 Å². The van der Waals surface area contributed by atoms with Crippen LogP contribution in [0.2, 0.25) is 0 Å². The van der Waals surface area contributed by atoms with E-state index in [1.54, 1.807) is 6.92 Å². The van der Waals surface area contributed by atoms with Crippen molar-refractivity contribution in [1.29, 1.82) is 0 Å². The summed E-state index contributed by atoms with van der Waals surface area (Å²) in [7, 11) is 0. The molecule has 2 N–H and O–H groups in total. The molecule has 0 bridgehead atoms. The molecular weight excluding hydrogens is 270 g/mol. The number of hydrogen-bond donors (Lipinski definition) is 2. The number of amides is 1. The highest BCUT2D eigenvalue weighted by Gasteiger charge is 2.26. The number of hydrogen-bond acceptors (Lipinski definition) is 3. The van der Waals surface area contributed by atoms with Gasteiger partial charge in [-0.3, -0.25) is 14.6 Å². The predicted octanol–water partition coefficient (Wildman–Crippen LogP) is 0.951. The van der Waals surface area contributed by atoms with Gasteiger partial charge in [0.1, 0.15) is 0 Å². The van der Waals surface area contributed by atoms with E-state index in [2.05, 4.69) is 23.8 Å². The molecule has 0 aromatic carbocycles. The summed E-state index contributed by atoms with van der Waals surface area (Å²) in [5, 5.41) is 0. The molecule has 1 fully saturated rings. The second kappa shape index (κ2) is 6.28. The molecule has 1 saturated heterocycles. The molecule has 1 aliphatic heterocycles. The van der Waals surface area contributed by atoms with Gasteiger partial charge in [0.05, 0.1) is 6.42 Å². The number of aryl methyl sites for hydroxylation is 1. The first kappa shape index (κ1) is 15.5. The van der Waals surface area contributed by atoms with Gasteiger partial charge in [0.15, 0.2) is 0 Å². The molecule has 1 aromatic rings. The number of nitrogens with one attached hydrogen (secondary N) is 2. The predicted molar refractivity (Wildman–Crippen MR) is 80.3 cm³/mol. The van der Waals surface area contributed by atoms with Gasteiger partial charge < -0.3 is 9.88 Å². The number of nitrogens with zero attached hydrogens (tertiary/aromatic N) is 1. The summed E-state index contributed by atoms with van der Waals surface area (Å²) in [6.07, 6.45) is 3.29. The molecule has 2 atom stereocenters. The maximum absolute atomic E-state index is 12.5. The molecule has 21 heavy (non-hydrogen) atoms. The van der Waals surface area contributed by atoms with Crippen molar-refractivity contribution < 1.29 is 4.79 Å². The molecule has 1 amide bonds. The first-order chi connectivity index (χ1) is 9.88. The van der Waals surface area contributed by atoms with Crippen LogP contribution in [-0.4, -0.2) is 33.4 Å². The molecule has 2 heterocycles. The van der Waals surface area contributed by atoms with Crippen LogP contribution in [0, 0.1) is 12.8 Å². The molecule has 0 aliphatic carbocycles. The standard InChI is InChI=1S/C15H23N3O3/c1-9-5-4-6-10(2)18(8-9)13(19)7-12-11(3)16-15(21)17-14(12)20/h9-10H,4-8H2,1-3H3,(H2,16,17,20,21). The fourth-order valence-corrected chi connectivity index (χ4v) is 2.96. The normalized spacial score (nSPS) is 22.9. The molecule has 2 unspecified atom stereocenters. The Morgan fingerprint density at radius 1 is 1.24 bits per heavy atom. The summed E-state index contributed by atoms with van der Waals surface area (Å²) in [4.78, 5) is 42.2. The Kier molecular flexibility index (Phi) is 4.65. The average molecular weight is 293 g/mol. The molecule has 6 nitrogen and oxygen atoms in total. The van der Waals surface area contributed by atoms with Gasteiger partial charge >= 0.3 is 5.69 Å². The van der Waals surface area contributed by atoms with Crippen molar-refractivity contribution in [3.8, 4) is 0 Å². The lowest BCUT2D eigenvalue weighted by Crippen LogP contribution is -2.42. The molecule has 1 aromatic heterocycles. The van der Waals surface area contributed by atoms with Gasteiger partial charge in [0.25, 0.3) is 5.56 Å². The number of likely N-dealkylation sites (tertiary alicyclic amines) is 1. The second-order valence-corrected chi connectivity index (χ2v) is 6.12. The van der Waals surface area contributed by atoms with Crippen molar-refractivity contribution in [3.63, 3.8) is 0 Å². The lowest BCUT2D eigenvalue weighted by Gasteiger charge is -2.28. The second-order valence-electron chi connectivity index (χ2n) is 6.12. The summed E-state index contributed by atoms with van der Waals surface area (Å²) >= 11 is 0. The minimum atomic E-state index is -0.537. The maximum atomic E-state index is 12.5. The fourth-order valence-electron chi connectivity index (χ4n) is 2.96. The van der Waals surface area contributed by atoms with Gasteiger partial charge in [-0.05, 0) is 32.6 Å². The SMILES string of the molecule is Cc1[nH]c(=O)[nH]c(=O)c1CC(=O)N1CC(C)CCCC1C. The van der Waals surface area contributed by atoms with Gasteiger partial charge in [0.2, 0.25) is 5.91 Å². The van der Waals surface area contributed by atoms with Crippen molar-refractivity contribution >= 4 is 5.91 Å². The number of carbonyl (C=O) groups is 1. The molecule has 0 spiro atoms. The average Bonchev–Trinajstić information content (AvgIpc) is 2.55. The Balaban J connectivity index is 2.21. The molecular formula is C15H23N3O3. The lowest BCUT2D eigenvalue weighted by atomic mass is 10.1. The summed E-state index contributed by atoms with van der Waals surface area (Å²) in [5.74, 6) is 0.436. The van der Waals surface area contributed by atoms with Gasteiger partial charge in [-0.1, -0.05) is 13.3 Å². The molecule has 6 heteroatoms. The minimum Gasteiger partial charge on any atom is -0.339 e. The Hall–Kier alpha value is -1.85. The van der Waals surface area contributed by atoms with Crippen molar-refractivity contribution in [2.24, 2.45) is 5.92 Å². The zero-order valence-corrected chi connectivity index (χ0v) is 12.9. The van der Waals surface area contributed by atoms with E-state index in [9.17, 15) is 14.4 Å². The monoisotopic (exact) mass is 293 g/mol. The highest BCUT2D eigenvalue weighted by molar-refractivity contribution is 5.79. The molecule has 2 rings (SSSR count). The summed E-state index contributed by atoms with van der Waals surface area (Å²) in [5.41, 5.74) is -0.193. The van der Waals surface area contributed by atoms with Gasteiger partial charge in [0, 0.05) is 23.8 Å². The summed E-state index contributed by atoms with van der Waals surface area (Å²) in [6.45, 7) is 6.59. The molecule has 116 valence electrons. The Bertz CT molecular complexity index is 632. The summed E-state index contributed by atoms with van der Waals surface area (Å²) in [6, 6.07) is 0.199. The van der Waals surface area contributed by atoms with Crippen LogP contribution in [0.5, 0.6) is 0 Å². The zero-order chi connectivity index (χ0) is 15.6. The quantitative estimate of drug-likeness (QED) is 0.851. The van der Waals surface area contributed by atoms with E-state index < -0.39 is 11.2 Å². The Morgan fingerprint density at radius 3 is 2.62 bits per heavy atom. The number of aromatic nitrogens is 2. The smallest absolute Gasteiger partial charge is 0.325 e. The topological polar surface area (TPSA) is 86.0 Å². The Morgan fingerprint density at radius 2 is 1.95 bits per heavy atom. The third-order valence-electron chi connectivity index (χ3n) is 4.26. The van der Waals surface area contributed by atoms with E-state index >= 15 is 0 Å². The summed E-state index contributed by atoms with van der Waals surface area (Å²) < 4.78 is 0. The van der Waals surface area contributed by atoms with Crippen LogP contribution in [0.3, 0.4) is 0 Å². The number of carbonyl (C=O) groups excluding carboxylic acids is 1. The van der Waals surface area contributed by atoms with Crippen LogP contribution in [0.1, 0.15) is 44.4 Å². The highest BCUT2D eigenvalue weighted by Crippen LogP contribution is 2.21. The minimum absolute atomic E-state index is 0.0367. The van der Waals surface area contributed by atoms with E-state index in [0.717, 1.165) is 25.8 Å². The fraction of sp³-hybridized carbons (Fsp3) is 0.667. The van der Waals surface area contributed by atoms with E-state index in [4.69, 9.17) is 0 Å². The van der Waals surface area contributed by atoms with Crippen molar-refractivity contribution in [2.75, 3.05) is 6.54 Å². The number of H-pyrrole nitrogens is 2.